The maximum atomic E-state index is 14.2. The highest BCUT2D eigenvalue weighted by atomic mass is 19.1. The van der Waals surface area contributed by atoms with Crippen LogP contribution in [0.5, 0.6) is 5.75 Å². The molecule has 0 radical (unpaired) electrons. The Balaban J connectivity index is 2.14. The minimum absolute atomic E-state index is 0.116. The van der Waals surface area contributed by atoms with Crippen molar-refractivity contribution < 1.29 is 13.9 Å². The second-order valence-electron chi connectivity index (χ2n) is 5.88. The predicted octanol–water partition coefficient (Wildman–Crippen LogP) is 5.10. The van der Waals surface area contributed by atoms with E-state index in [-0.39, 0.29) is 17.3 Å². The van der Waals surface area contributed by atoms with Gasteiger partial charge in [0.2, 0.25) is 0 Å². The van der Waals surface area contributed by atoms with E-state index >= 15 is 0 Å². The summed E-state index contributed by atoms with van der Waals surface area (Å²) in [5.41, 5.74) is 1.28. The monoisotopic (exact) mass is 305 g/mol. The van der Waals surface area contributed by atoms with Gasteiger partial charge in [-0.2, -0.15) is 0 Å². The first-order valence-corrected chi connectivity index (χ1v) is 8.05. The third kappa shape index (κ3) is 3.54. The normalized spacial score (nSPS) is 17.2. The number of carbonyl (C=O) groups excluding carboxylic acids is 1. The topological polar surface area (TPSA) is 38.7 Å². The summed E-state index contributed by atoms with van der Waals surface area (Å²) < 4.78 is 19.2. The Labute approximate surface area is 131 Å². The molecule has 1 aliphatic rings. The van der Waals surface area contributed by atoms with Gasteiger partial charge in [0, 0.05) is 17.8 Å². The molecule has 0 bridgehead atoms. The van der Waals surface area contributed by atoms with E-state index in [1.165, 1.54) is 32.4 Å². The van der Waals surface area contributed by atoms with Gasteiger partial charge in [-0.3, -0.25) is 9.79 Å². The highest BCUT2D eigenvalue weighted by Gasteiger charge is 2.31. The number of Topliss-reactive ketones (excluding diaryl/α,β-unsaturated/α-hetero) is 1. The second-order valence-corrected chi connectivity index (χ2v) is 5.88. The van der Waals surface area contributed by atoms with E-state index < -0.39 is 5.82 Å². The van der Waals surface area contributed by atoms with E-state index in [9.17, 15) is 9.18 Å². The minimum Gasteiger partial charge on any atom is -0.497 e. The van der Waals surface area contributed by atoms with E-state index in [0.29, 0.717) is 11.4 Å². The van der Waals surface area contributed by atoms with Crippen LogP contribution >= 0.6 is 0 Å². The van der Waals surface area contributed by atoms with E-state index in [1.807, 2.05) is 6.92 Å². The van der Waals surface area contributed by atoms with Crippen LogP contribution in [0.2, 0.25) is 0 Å². The van der Waals surface area contributed by atoms with Gasteiger partial charge in [-0.05, 0) is 13.3 Å². The fourth-order valence-corrected chi connectivity index (χ4v) is 2.94. The lowest BCUT2D eigenvalue weighted by Crippen LogP contribution is -2.26. The molecule has 1 atom stereocenters. The lowest BCUT2D eigenvalue weighted by atomic mass is 9.85. The third-order valence-corrected chi connectivity index (χ3v) is 4.24. The van der Waals surface area contributed by atoms with Crippen molar-refractivity contribution in [2.24, 2.45) is 10.9 Å². The van der Waals surface area contributed by atoms with Crippen LogP contribution in [-0.2, 0) is 0 Å². The maximum Gasteiger partial charge on any atom is 0.176 e. The van der Waals surface area contributed by atoms with Crippen LogP contribution in [0.25, 0.3) is 0 Å². The molecule has 0 spiro atoms. The Morgan fingerprint density at radius 1 is 1.23 bits per heavy atom. The summed E-state index contributed by atoms with van der Waals surface area (Å²) in [5, 5.41) is 0. The van der Waals surface area contributed by atoms with Crippen molar-refractivity contribution >= 4 is 17.2 Å². The molecule has 0 saturated carbocycles. The van der Waals surface area contributed by atoms with Crippen LogP contribution in [0.3, 0.4) is 0 Å². The zero-order valence-corrected chi connectivity index (χ0v) is 13.6. The average Bonchev–Trinajstić information content (AvgIpc) is 2.48. The van der Waals surface area contributed by atoms with Gasteiger partial charge in [-0.15, -0.1) is 0 Å². The molecule has 0 fully saturated rings. The fraction of sp³-hybridized carbons (Fsp3) is 0.556. The second kappa shape index (κ2) is 7.52. The molecule has 4 heteroatoms. The summed E-state index contributed by atoms with van der Waals surface area (Å²) in [5.74, 6) is -0.569. The molecule has 1 aliphatic heterocycles. The van der Waals surface area contributed by atoms with E-state index in [4.69, 9.17) is 4.74 Å². The number of carbonyl (C=O) groups is 1. The average molecular weight is 305 g/mol. The number of unbranched alkanes of at least 4 members (excludes halogenated alkanes) is 4. The molecule has 120 valence electrons. The molecule has 0 aliphatic carbocycles. The summed E-state index contributed by atoms with van der Waals surface area (Å²) in [4.78, 5) is 17.0. The van der Waals surface area contributed by atoms with Gasteiger partial charge in [-0.25, -0.2) is 4.39 Å². The lowest BCUT2D eigenvalue weighted by Gasteiger charge is -2.22. The van der Waals surface area contributed by atoms with Crippen molar-refractivity contribution in [3.05, 3.63) is 23.5 Å². The predicted molar refractivity (Wildman–Crippen MR) is 86.9 cm³/mol. The molecule has 0 saturated heterocycles. The summed E-state index contributed by atoms with van der Waals surface area (Å²) in [6.45, 7) is 4.03. The van der Waals surface area contributed by atoms with Gasteiger partial charge < -0.3 is 4.74 Å². The molecule has 22 heavy (non-hydrogen) atoms. The van der Waals surface area contributed by atoms with Gasteiger partial charge in [0.15, 0.2) is 5.78 Å². The number of ether oxygens (including phenoxy) is 1. The van der Waals surface area contributed by atoms with Crippen molar-refractivity contribution in [1.82, 2.24) is 0 Å². The number of hydrogen-bond acceptors (Lipinski definition) is 3. The molecule has 2 rings (SSSR count). The Morgan fingerprint density at radius 2 is 1.95 bits per heavy atom. The molecule has 1 unspecified atom stereocenters. The van der Waals surface area contributed by atoms with Crippen molar-refractivity contribution in [3.8, 4) is 5.75 Å². The standard InChI is InChI=1S/C18H24FNO2/c1-4-5-6-7-8-9-14-12(2)20-16-11-13(22-3)10-15(19)17(16)18(14)21/h10-11,14H,4-9H2,1-3H3. The molecule has 0 aromatic heterocycles. The van der Waals surface area contributed by atoms with Gasteiger partial charge >= 0.3 is 0 Å². The van der Waals surface area contributed by atoms with E-state index in [0.717, 1.165) is 25.0 Å². The van der Waals surface area contributed by atoms with Gasteiger partial charge in [0.25, 0.3) is 0 Å². The number of hydrogen-bond donors (Lipinski definition) is 0. The van der Waals surface area contributed by atoms with Crippen LogP contribution in [0.15, 0.2) is 17.1 Å². The zero-order chi connectivity index (χ0) is 16.1. The minimum atomic E-state index is -0.536. The van der Waals surface area contributed by atoms with E-state index in [2.05, 4.69) is 11.9 Å². The smallest absolute Gasteiger partial charge is 0.176 e. The third-order valence-electron chi connectivity index (χ3n) is 4.24. The zero-order valence-electron chi connectivity index (χ0n) is 13.6. The Hall–Kier alpha value is -1.71. The summed E-state index contributed by atoms with van der Waals surface area (Å²) in [6.07, 6.45) is 6.46. The van der Waals surface area contributed by atoms with Crippen molar-refractivity contribution in [3.63, 3.8) is 0 Å². The Bertz CT molecular complexity index is 581. The van der Waals surface area contributed by atoms with Crippen LogP contribution in [0.4, 0.5) is 10.1 Å². The largest absolute Gasteiger partial charge is 0.497 e. The molecule has 1 aromatic rings. The van der Waals surface area contributed by atoms with Gasteiger partial charge in [-0.1, -0.05) is 39.0 Å². The molecule has 0 N–H and O–H groups in total. The number of fused-ring (bicyclic) bond motifs is 1. The highest BCUT2D eigenvalue weighted by Crippen LogP contribution is 2.35. The van der Waals surface area contributed by atoms with Crippen LogP contribution < -0.4 is 4.74 Å². The molecule has 1 heterocycles. The van der Waals surface area contributed by atoms with Crippen molar-refractivity contribution in [2.45, 2.75) is 52.4 Å². The number of methoxy groups -OCH3 is 1. The van der Waals surface area contributed by atoms with Gasteiger partial charge in [0.1, 0.15) is 11.6 Å². The molecule has 3 nitrogen and oxygen atoms in total. The van der Waals surface area contributed by atoms with Crippen LogP contribution in [0, 0.1) is 11.7 Å². The lowest BCUT2D eigenvalue weighted by molar-refractivity contribution is 0.0942. The number of nitrogens with zero attached hydrogens (tertiary/aromatic N) is 1. The van der Waals surface area contributed by atoms with Crippen LogP contribution in [-0.4, -0.2) is 18.6 Å². The first-order valence-electron chi connectivity index (χ1n) is 8.05. The number of ketones is 1. The molecular formula is C18H24FNO2. The number of rotatable bonds is 7. The van der Waals surface area contributed by atoms with Gasteiger partial charge in [0.05, 0.1) is 24.3 Å². The first-order chi connectivity index (χ1) is 10.6. The molecule has 1 aromatic carbocycles. The fourth-order valence-electron chi connectivity index (χ4n) is 2.94. The highest BCUT2D eigenvalue weighted by molar-refractivity contribution is 6.17. The van der Waals surface area contributed by atoms with Crippen molar-refractivity contribution in [1.29, 1.82) is 0 Å². The first kappa shape index (κ1) is 16.7. The summed E-state index contributed by atoms with van der Waals surface area (Å²) in [6, 6.07) is 2.88. The van der Waals surface area contributed by atoms with Crippen molar-refractivity contribution in [2.75, 3.05) is 7.11 Å². The molecular weight excluding hydrogens is 281 g/mol. The van der Waals surface area contributed by atoms with E-state index in [1.54, 1.807) is 6.07 Å². The summed E-state index contributed by atoms with van der Waals surface area (Å²) in [7, 11) is 1.47. The Morgan fingerprint density at radius 3 is 2.64 bits per heavy atom. The maximum absolute atomic E-state index is 14.2. The van der Waals surface area contributed by atoms with Crippen LogP contribution in [0.1, 0.15) is 62.7 Å². The SMILES string of the molecule is CCCCCCCC1C(=O)c2c(F)cc(OC)cc2N=C1C. The molecule has 0 amide bonds. The number of halogens is 1. The Kier molecular flexibility index (Phi) is 5.69. The number of aliphatic imine (C=N–C) groups is 1. The quantitative estimate of drug-likeness (QED) is 0.657. The number of benzene rings is 1. The summed E-state index contributed by atoms with van der Waals surface area (Å²) >= 11 is 0.